The van der Waals surface area contributed by atoms with Crippen molar-refractivity contribution >= 4 is 15.8 Å². The molecule has 6 heteroatoms. The normalized spacial score (nSPS) is 11.2. The molecular weight excluding hydrogens is 292 g/mol. The summed E-state index contributed by atoms with van der Waals surface area (Å²) in [6, 6.07) is 2.90. The van der Waals surface area contributed by atoms with Crippen LogP contribution < -0.4 is 4.74 Å². The number of hydrogen-bond acceptors (Lipinski definition) is 5. The average molecular weight is 314 g/mol. The zero-order chi connectivity index (χ0) is 16.0. The van der Waals surface area contributed by atoms with Gasteiger partial charge in [0.2, 0.25) is 0 Å². The molecule has 0 N–H and O–H groups in total. The zero-order valence-corrected chi connectivity index (χ0v) is 13.7. The van der Waals surface area contributed by atoms with Gasteiger partial charge in [-0.05, 0) is 31.0 Å². The fourth-order valence-corrected chi connectivity index (χ4v) is 2.74. The van der Waals surface area contributed by atoms with Gasteiger partial charge in [-0.1, -0.05) is 19.8 Å². The van der Waals surface area contributed by atoms with Crippen LogP contribution in [0.5, 0.6) is 5.75 Å². The number of methoxy groups -OCH3 is 1. The summed E-state index contributed by atoms with van der Waals surface area (Å²) < 4.78 is 34.0. The van der Waals surface area contributed by atoms with Gasteiger partial charge in [-0.3, -0.25) is 0 Å². The highest BCUT2D eigenvalue weighted by atomic mass is 32.2. The maximum atomic E-state index is 11.9. The first-order valence-electron chi connectivity index (χ1n) is 6.87. The van der Waals surface area contributed by atoms with Crippen molar-refractivity contribution in [3.8, 4) is 5.75 Å². The van der Waals surface area contributed by atoms with Crippen molar-refractivity contribution in [3.63, 3.8) is 0 Å². The Hall–Kier alpha value is -1.56. The van der Waals surface area contributed by atoms with E-state index >= 15 is 0 Å². The smallest absolute Gasteiger partial charge is 0.338 e. The lowest BCUT2D eigenvalue weighted by atomic mass is 10.1. The molecule has 118 valence electrons. The predicted molar refractivity (Wildman–Crippen MR) is 80.6 cm³/mol. The van der Waals surface area contributed by atoms with Gasteiger partial charge in [-0.15, -0.1) is 0 Å². The third-order valence-electron chi connectivity index (χ3n) is 3.10. The summed E-state index contributed by atoms with van der Waals surface area (Å²) in [5.74, 6) is -0.270. The van der Waals surface area contributed by atoms with E-state index < -0.39 is 15.8 Å². The van der Waals surface area contributed by atoms with Crippen molar-refractivity contribution in [1.82, 2.24) is 0 Å². The molecule has 1 aromatic rings. The number of esters is 1. The van der Waals surface area contributed by atoms with Gasteiger partial charge < -0.3 is 9.47 Å². The first-order chi connectivity index (χ1) is 9.81. The van der Waals surface area contributed by atoms with Crippen LogP contribution in [-0.2, 0) is 14.6 Å². The van der Waals surface area contributed by atoms with E-state index in [1.54, 1.807) is 13.0 Å². The number of carbonyl (C=O) groups is 1. The third-order valence-corrected chi connectivity index (χ3v) is 4.22. The predicted octanol–water partition coefficient (Wildman–Crippen LogP) is 2.75. The van der Waals surface area contributed by atoms with E-state index in [1.165, 1.54) is 13.2 Å². The van der Waals surface area contributed by atoms with Gasteiger partial charge in [0, 0.05) is 6.26 Å². The summed E-state index contributed by atoms with van der Waals surface area (Å²) in [6.07, 6.45) is 4.03. The average Bonchev–Trinajstić information content (AvgIpc) is 2.41. The van der Waals surface area contributed by atoms with E-state index in [1.807, 2.05) is 0 Å². The van der Waals surface area contributed by atoms with E-state index in [-0.39, 0.29) is 10.5 Å². The van der Waals surface area contributed by atoms with Crippen LogP contribution >= 0.6 is 0 Å². The molecule has 0 aliphatic heterocycles. The fourth-order valence-electron chi connectivity index (χ4n) is 1.93. The monoisotopic (exact) mass is 314 g/mol. The van der Waals surface area contributed by atoms with Crippen molar-refractivity contribution in [2.45, 2.75) is 38.0 Å². The van der Waals surface area contributed by atoms with Gasteiger partial charge in [0.1, 0.15) is 10.6 Å². The molecule has 1 rings (SSSR count). The maximum absolute atomic E-state index is 11.9. The SMILES string of the molecule is CCCCCOc1cc(C)c(C(=O)OC)cc1S(C)(=O)=O. The molecule has 0 atom stereocenters. The van der Waals surface area contributed by atoms with Crippen LogP contribution in [0.4, 0.5) is 0 Å². The molecule has 21 heavy (non-hydrogen) atoms. The summed E-state index contributed by atoms with van der Waals surface area (Å²) in [5, 5.41) is 0. The molecule has 0 radical (unpaired) electrons. The molecule has 0 heterocycles. The highest BCUT2D eigenvalue weighted by molar-refractivity contribution is 7.90. The Kier molecular flexibility index (Phi) is 6.20. The van der Waals surface area contributed by atoms with Crippen LogP contribution in [0.3, 0.4) is 0 Å². The number of sulfone groups is 1. The summed E-state index contributed by atoms with van der Waals surface area (Å²) in [5.41, 5.74) is 0.860. The van der Waals surface area contributed by atoms with Gasteiger partial charge in [0.05, 0.1) is 19.3 Å². The molecule has 5 nitrogen and oxygen atoms in total. The molecule has 0 aliphatic rings. The number of hydrogen-bond donors (Lipinski definition) is 0. The molecule has 0 unspecified atom stereocenters. The first kappa shape index (κ1) is 17.5. The molecule has 0 spiro atoms. The van der Waals surface area contributed by atoms with E-state index in [4.69, 9.17) is 4.74 Å². The Bertz CT molecular complexity index is 605. The van der Waals surface area contributed by atoms with Crippen molar-refractivity contribution < 1.29 is 22.7 Å². The lowest BCUT2D eigenvalue weighted by Gasteiger charge is -2.13. The molecule has 0 aromatic heterocycles. The Morgan fingerprint density at radius 2 is 1.90 bits per heavy atom. The van der Waals surface area contributed by atoms with Crippen LogP contribution in [-0.4, -0.2) is 34.4 Å². The molecular formula is C15H22O5S. The Balaban J connectivity index is 3.18. The van der Waals surface area contributed by atoms with E-state index in [0.29, 0.717) is 17.9 Å². The van der Waals surface area contributed by atoms with Crippen molar-refractivity contribution in [1.29, 1.82) is 0 Å². The van der Waals surface area contributed by atoms with Crippen molar-refractivity contribution in [2.75, 3.05) is 20.0 Å². The topological polar surface area (TPSA) is 69.7 Å². The third kappa shape index (κ3) is 4.74. The molecule has 1 aromatic carbocycles. The quantitative estimate of drug-likeness (QED) is 0.572. The van der Waals surface area contributed by atoms with Crippen LogP contribution in [0, 0.1) is 6.92 Å². The standard InChI is InChI=1S/C15H22O5S/c1-5-6-7-8-20-13-9-11(2)12(15(16)19-3)10-14(13)21(4,17)18/h9-10H,5-8H2,1-4H3. The molecule has 0 aliphatic carbocycles. The van der Waals surface area contributed by atoms with E-state index in [9.17, 15) is 13.2 Å². The summed E-state index contributed by atoms with van der Waals surface area (Å²) in [4.78, 5) is 11.7. The number of ether oxygens (including phenoxy) is 2. The summed E-state index contributed by atoms with van der Waals surface area (Å²) in [6.45, 7) is 4.25. The number of aryl methyl sites for hydroxylation is 1. The summed E-state index contributed by atoms with van der Waals surface area (Å²) in [7, 11) is -2.23. The maximum Gasteiger partial charge on any atom is 0.338 e. The minimum absolute atomic E-state index is 0.0185. The van der Waals surface area contributed by atoms with Crippen molar-refractivity contribution in [3.05, 3.63) is 23.3 Å². The minimum Gasteiger partial charge on any atom is -0.492 e. The molecule has 0 saturated carbocycles. The van der Waals surface area contributed by atoms with Gasteiger partial charge in [-0.25, -0.2) is 13.2 Å². The van der Waals surface area contributed by atoms with Crippen LogP contribution in [0.1, 0.15) is 42.1 Å². The lowest BCUT2D eigenvalue weighted by Crippen LogP contribution is -2.10. The Morgan fingerprint density at radius 1 is 1.24 bits per heavy atom. The second-order valence-corrected chi connectivity index (χ2v) is 6.92. The van der Waals surface area contributed by atoms with Gasteiger partial charge >= 0.3 is 5.97 Å². The zero-order valence-electron chi connectivity index (χ0n) is 12.9. The highest BCUT2D eigenvalue weighted by Crippen LogP contribution is 2.28. The fraction of sp³-hybridized carbons (Fsp3) is 0.533. The Morgan fingerprint density at radius 3 is 2.43 bits per heavy atom. The van der Waals surface area contributed by atoms with Crippen LogP contribution in [0.15, 0.2) is 17.0 Å². The van der Waals surface area contributed by atoms with Crippen LogP contribution in [0.25, 0.3) is 0 Å². The van der Waals surface area contributed by atoms with E-state index in [0.717, 1.165) is 25.5 Å². The van der Waals surface area contributed by atoms with E-state index in [2.05, 4.69) is 11.7 Å². The summed E-state index contributed by atoms with van der Waals surface area (Å²) >= 11 is 0. The molecule has 0 fully saturated rings. The highest BCUT2D eigenvalue weighted by Gasteiger charge is 2.20. The number of unbranched alkanes of at least 4 members (excludes halogenated alkanes) is 2. The largest absolute Gasteiger partial charge is 0.492 e. The second kappa shape index (κ2) is 7.45. The number of carbonyl (C=O) groups excluding carboxylic acids is 1. The molecule has 0 saturated heterocycles. The van der Waals surface area contributed by atoms with Gasteiger partial charge in [0.15, 0.2) is 9.84 Å². The van der Waals surface area contributed by atoms with Crippen molar-refractivity contribution in [2.24, 2.45) is 0 Å². The van der Waals surface area contributed by atoms with Gasteiger partial charge in [0.25, 0.3) is 0 Å². The number of benzene rings is 1. The minimum atomic E-state index is -3.49. The second-order valence-electron chi connectivity index (χ2n) is 4.93. The number of rotatable bonds is 7. The van der Waals surface area contributed by atoms with Gasteiger partial charge in [-0.2, -0.15) is 0 Å². The Labute approximate surface area is 126 Å². The van der Waals surface area contributed by atoms with Crippen LogP contribution in [0.2, 0.25) is 0 Å². The first-order valence-corrected chi connectivity index (χ1v) is 8.76. The molecule has 0 bridgehead atoms. The lowest BCUT2D eigenvalue weighted by molar-refractivity contribution is 0.0599. The molecule has 0 amide bonds.